The van der Waals surface area contributed by atoms with Crippen molar-refractivity contribution in [3.63, 3.8) is 0 Å². The lowest BCUT2D eigenvalue weighted by Crippen LogP contribution is -2.47. The zero-order valence-electron chi connectivity index (χ0n) is 18.6. The molecule has 172 valence electrons. The standard InChI is InChI=1S/C24H30ClN3O3S/c1-17(19-8-7-18-5-3-4-6-20(18)15-19)26-24(29)22-16-21(9-10-23(22)25)32(30,31)28-13-11-27(2)12-14-28/h7-10,15-17H,3-6,11-14H2,1-2H3,(H,26,29)/t17-/m0/s1. The summed E-state index contributed by atoms with van der Waals surface area (Å²) in [5.74, 6) is -0.379. The van der Waals surface area contributed by atoms with Crippen molar-refractivity contribution in [2.24, 2.45) is 0 Å². The van der Waals surface area contributed by atoms with Crippen LogP contribution >= 0.6 is 11.6 Å². The molecule has 1 aliphatic carbocycles. The number of fused-ring (bicyclic) bond motifs is 1. The Balaban J connectivity index is 1.52. The third-order valence-electron chi connectivity index (χ3n) is 6.50. The van der Waals surface area contributed by atoms with E-state index in [0.717, 1.165) is 18.4 Å². The van der Waals surface area contributed by atoms with Crippen molar-refractivity contribution >= 4 is 27.5 Å². The molecule has 1 heterocycles. The van der Waals surface area contributed by atoms with Gasteiger partial charge < -0.3 is 10.2 Å². The normalized spacial score (nSPS) is 18.7. The first kappa shape index (κ1) is 23.2. The van der Waals surface area contributed by atoms with Crippen LogP contribution in [0.1, 0.15) is 52.9 Å². The Kier molecular flexibility index (Phi) is 6.91. The molecular weight excluding hydrogens is 446 g/mol. The predicted molar refractivity (Wildman–Crippen MR) is 127 cm³/mol. The summed E-state index contributed by atoms with van der Waals surface area (Å²) in [6.07, 6.45) is 4.61. The van der Waals surface area contributed by atoms with E-state index >= 15 is 0 Å². The van der Waals surface area contributed by atoms with Gasteiger partial charge in [-0.3, -0.25) is 4.79 Å². The lowest BCUT2D eigenvalue weighted by Gasteiger charge is -2.31. The summed E-state index contributed by atoms with van der Waals surface area (Å²) in [5, 5.41) is 3.22. The Labute approximate surface area is 195 Å². The summed E-state index contributed by atoms with van der Waals surface area (Å²) in [4.78, 5) is 15.2. The van der Waals surface area contributed by atoms with E-state index in [1.54, 1.807) is 0 Å². The topological polar surface area (TPSA) is 69.7 Å². The van der Waals surface area contributed by atoms with Gasteiger partial charge in [0.25, 0.3) is 5.91 Å². The number of nitrogens with zero attached hydrogens (tertiary/aromatic N) is 2. The lowest BCUT2D eigenvalue weighted by atomic mass is 9.89. The fourth-order valence-electron chi connectivity index (χ4n) is 4.40. The number of carbonyl (C=O) groups is 1. The number of likely N-dealkylation sites (N-methyl/N-ethyl adjacent to an activating group) is 1. The van der Waals surface area contributed by atoms with Gasteiger partial charge in [-0.15, -0.1) is 0 Å². The first-order valence-electron chi connectivity index (χ1n) is 11.2. The summed E-state index contributed by atoms with van der Waals surface area (Å²) >= 11 is 6.29. The molecule has 32 heavy (non-hydrogen) atoms. The van der Waals surface area contributed by atoms with E-state index in [-0.39, 0.29) is 27.4 Å². The molecule has 1 aliphatic heterocycles. The summed E-state index contributed by atoms with van der Waals surface area (Å²) in [5.41, 5.74) is 3.96. The minimum Gasteiger partial charge on any atom is -0.345 e. The molecule has 0 bridgehead atoms. The van der Waals surface area contributed by atoms with Crippen LogP contribution in [0.15, 0.2) is 41.3 Å². The van der Waals surface area contributed by atoms with Crippen molar-refractivity contribution in [1.82, 2.24) is 14.5 Å². The van der Waals surface area contributed by atoms with Gasteiger partial charge in [-0.25, -0.2) is 8.42 Å². The Morgan fingerprint density at radius 1 is 1.00 bits per heavy atom. The number of piperazine rings is 1. The zero-order chi connectivity index (χ0) is 22.9. The van der Waals surface area contributed by atoms with Crippen molar-refractivity contribution in [3.05, 3.63) is 63.7 Å². The molecule has 1 fully saturated rings. The Hall–Kier alpha value is -1.93. The summed E-state index contributed by atoms with van der Waals surface area (Å²) in [7, 11) is -1.71. The third-order valence-corrected chi connectivity index (χ3v) is 8.73. The number of rotatable bonds is 5. The molecule has 0 aromatic heterocycles. The van der Waals surface area contributed by atoms with Crippen LogP contribution in [0.2, 0.25) is 5.02 Å². The second-order valence-electron chi connectivity index (χ2n) is 8.78. The number of sulfonamides is 1. The Morgan fingerprint density at radius 2 is 1.69 bits per heavy atom. The molecular formula is C24H30ClN3O3S. The number of carbonyl (C=O) groups excluding carboxylic acids is 1. The quantitative estimate of drug-likeness (QED) is 0.716. The molecule has 1 amide bonds. The van der Waals surface area contributed by atoms with Crippen LogP contribution in [-0.2, 0) is 22.9 Å². The molecule has 2 aromatic rings. The molecule has 2 aliphatic rings. The van der Waals surface area contributed by atoms with Crippen LogP contribution in [0, 0.1) is 0 Å². The van der Waals surface area contributed by atoms with E-state index in [9.17, 15) is 13.2 Å². The van der Waals surface area contributed by atoms with Crippen LogP contribution in [0.5, 0.6) is 0 Å². The van der Waals surface area contributed by atoms with Crippen molar-refractivity contribution in [1.29, 1.82) is 0 Å². The van der Waals surface area contributed by atoms with Gasteiger partial charge in [-0.05, 0) is 74.5 Å². The fraction of sp³-hybridized carbons (Fsp3) is 0.458. The second kappa shape index (κ2) is 9.51. The maximum Gasteiger partial charge on any atom is 0.253 e. The highest BCUT2D eigenvalue weighted by atomic mass is 35.5. The average molecular weight is 476 g/mol. The van der Waals surface area contributed by atoms with E-state index in [1.165, 1.54) is 46.5 Å². The minimum absolute atomic E-state index is 0.0954. The van der Waals surface area contributed by atoms with Gasteiger partial charge in [0.15, 0.2) is 0 Å². The van der Waals surface area contributed by atoms with Gasteiger partial charge in [0.1, 0.15) is 0 Å². The van der Waals surface area contributed by atoms with Gasteiger partial charge in [0, 0.05) is 26.2 Å². The van der Waals surface area contributed by atoms with Gasteiger partial charge in [-0.2, -0.15) is 4.31 Å². The number of nitrogens with one attached hydrogen (secondary N) is 1. The molecule has 8 heteroatoms. The molecule has 6 nitrogen and oxygen atoms in total. The number of halogens is 1. The van der Waals surface area contributed by atoms with E-state index in [4.69, 9.17) is 11.6 Å². The average Bonchev–Trinajstić information content (AvgIpc) is 2.79. The Bertz CT molecular complexity index is 1110. The third kappa shape index (κ3) is 4.86. The molecule has 0 saturated carbocycles. The Morgan fingerprint density at radius 3 is 2.41 bits per heavy atom. The van der Waals surface area contributed by atoms with Crippen LogP contribution < -0.4 is 5.32 Å². The number of hydrogen-bond acceptors (Lipinski definition) is 4. The molecule has 1 atom stereocenters. The first-order chi connectivity index (χ1) is 15.3. The van der Waals surface area contributed by atoms with Crippen LogP contribution in [-0.4, -0.2) is 56.8 Å². The molecule has 1 saturated heterocycles. The molecule has 0 unspecified atom stereocenters. The number of amides is 1. The van der Waals surface area contributed by atoms with Gasteiger partial charge in [0.05, 0.1) is 21.5 Å². The SMILES string of the molecule is C[C@H](NC(=O)c1cc(S(=O)(=O)N2CCN(C)CC2)ccc1Cl)c1ccc2c(c1)CCCC2. The summed E-state index contributed by atoms with van der Waals surface area (Å²) in [6, 6.07) is 10.5. The van der Waals surface area contributed by atoms with Crippen LogP contribution in [0.25, 0.3) is 0 Å². The van der Waals surface area contributed by atoms with Gasteiger partial charge in [0.2, 0.25) is 10.0 Å². The fourth-order valence-corrected chi connectivity index (χ4v) is 6.05. The number of hydrogen-bond donors (Lipinski definition) is 1. The van der Waals surface area contributed by atoms with E-state index in [2.05, 4.69) is 28.4 Å². The molecule has 0 radical (unpaired) electrons. The smallest absolute Gasteiger partial charge is 0.253 e. The lowest BCUT2D eigenvalue weighted by molar-refractivity contribution is 0.0940. The number of benzene rings is 2. The monoisotopic (exact) mass is 475 g/mol. The summed E-state index contributed by atoms with van der Waals surface area (Å²) in [6.45, 7) is 4.15. The second-order valence-corrected chi connectivity index (χ2v) is 11.1. The van der Waals surface area contributed by atoms with Crippen molar-refractivity contribution < 1.29 is 13.2 Å². The van der Waals surface area contributed by atoms with Gasteiger partial charge >= 0.3 is 0 Å². The number of aryl methyl sites for hydroxylation is 2. The molecule has 0 spiro atoms. The summed E-state index contributed by atoms with van der Waals surface area (Å²) < 4.78 is 27.7. The van der Waals surface area contributed by atoms with Crippen LogP contribution in [0.4, 0.5) is 0 Å². The van der Waals surface area contributed by atoms with Crippen molar-refractivity contribution in [2.45, 2.75) is 43.5 Å². The highest BCUT2D eigenvalue weighted by Gasteiger charge is 2.29. The molecule has 1 N–H and O–H groups in total. The van der Waals surface area contributed by atoms with Crippen molar-refractivity contribution in [2.75, 3.05) is 33.2 Å². The first-order valence-corrected chi connectivity index (χ1v) is 13.0. The van der Waals surface area contributed by atoms with Crippen molar-refractivity contribution in [3.8, 4) is 0 Å². The molecule has 2 aromatic carbocycles. The maximum absolute atomic E-state index is 13.1. The van der Waals surface area contributed by atoms with E-state index < -0.39 is 10.0 Å². The van der Waals surface area contributed by atoms with E-state index in [1.807, 2.05) is 14.0 Å². The predicted octanol–water partition coefficient (Wildman–Crippen LogP) is 3.65. The zero-order valence-corrected chi connectivity index (χ0v) is 20.2. The largest absolute Gasteiger partial charge is 0.345 e. The maximum atomic E-state index is 13.1. The minimum atomic E-state index is -3.68. The van der Waals surface area contributed by atoms with E-state index in [0.29, 0.717) is 26.2 Å². The highest BCUT2D eigenvalue weighted by molar-refractivity contribution is 7.89. The van der Waals surface area contributed by atoms with Gasteiger partial charge in [-0.1, -0.05) is 29.8 Å². The molecule has 4 rings (SSSR count). The van der Waals surface area contributed by atoms with Crippen LogP contribution in [0.3, 0.4) is 0 Å². The highest BCUT2D eigenvalue weighted by Crippen LogP contribution is 2.27.